The zero-order chi connectivity index (χ0) is 18.3. The van der Waals surface area contributed by atoms with Gasteiger partial charge in [-0.25, -0.2) is 4.98 Å². The van der Waals surface area contributed by atoms with E-state index in [0.717, 1.165) is 29.3 Å². The molecule has 1 saturated heterocycles. The number of nitrogens with zero attached hydrogens (tertiary/aromatic N) is 3. The summed E-state index contributed by atoms with van der Waals surface area (Å²) in [6.45, 7) is 5.94. The number of hydrogen-bond acceptors (Lipinski definition) is 6. The van der Waals surface area contributed by atoms with Gasteiger partial charge in [0.15, 0.2) is 6.04 Å². The van der Waals surface area contributed by atoms with Gasteiger partial charge in [-0.2, -0.15) is 9.61 Å². The van der Waals surface area contributed by atoms with Crippen molar-refractivity contribution in [1.82, 2.24) is 14.6 Å². The van der Waals surface area contributed by atoms with Crippen LogP contribution in [0, 0.1) is 0 Å². The number of aromatic nitrogens is 3. The molecule has 138 valence electrons. The predicted octanol–water partition coefficient (Wildman–Crippen LogP) is 1.29. The Labute approximate surface area is 155 Å². The summed E-state index contributed by atoms with van der Waals surface area (Å²) >= 11 is 1.49. The van der Waals surface area contributed by atoms with Gasteiger partial charge in [0.2, 0.25) is 10.8 Å². The lowest BCUT2D eigenvalue weighted by atomic mass is 10.0. The van der Waals surface area contributed by atoms with Gasteiger partial charge in [0, 0.05) is 5.56 Å². The maximum absolute atomic E-state index is 10.8. The van der Waals surface area contributed by atoms with Crippen LogP contribution >= 0.6 is 11.3 Å². The number of morpholine rings is 1. The van der Waals surface area contributed by atoms with Gasteiger partial charge in [0.25, 0.3) is 0 Å². The van der Waals surface area contributed by atoms with Crippen molar-refractivity contribution >= 4 is 16.3 Å². The number of benzene rings is 1. The molecule has 8 heteroatoms. The normalized spacial score (nSPS) is 24.7. The lowest BCUT2D eigenvalue weighted by molar-refractivity contribution is -0.939. The van der Waals surface area contributed by atoms with Crippen molar-refractivity contribution in [2.75, 3.05) is 20.2 Å². The Bertz CT molecular complexity index is 882. The predicted molar refractivity (Wildman–Crippen MR) is 98.1 cm³/mol. The topological polar surface area (TPSA) is 73.3 Å². The quantitative estimate of drug-likeness (QED) is 0.719. The monoisotopic (exact) mass is 375 g/mol. The van der Waals surface area contributed by atoms with Crippen LogP contribution in [0.4, 0.5) is 0 Å². The van der Waals surface area contributed by atoms with E-state index < -0.39 is 0 Å². The zero-order valence-corrected chi connectivity index (χ0v) is 15.9. The highest BCUT2D eigenvalue weighted by Crippen LogP contribution is 2.35. The molecular weight excluding hydrogens is 352 g/mol. The Morgan fingerprint density at radius 3 is 2.58 bits per heavy atom. The maximum Gasteiger partial charge on any atom is 0.235 e. The Balaban J connectivity index is 1.80. The van der Waals surface area contributed by atoms with Crippen molar-refractivity contribution in [2.45, 2.75) is 32.1 Å². The molecule has 3 heterocycles. The van der Waals surface area contributed by atoms with Crippen LogP contribution in [-0.2, 0) is 4.74 Å². The van der Waals surface area contributed by atoms with Crippen molar-refractivity contribution in [3.8, 4) is 11.6 Å². The summed E-state index contributed by atoms with van der Waals surface area (Å²) < 4.78 is 12.7. The largest absolute Gasteiger partial charge is 0.497 e. The molecule has 4 atom stereocenters. The van der Waals surface area contributed by atoms with Crippen LogP contribution in [0.2, 0.25) is 0 Å². The first-order valence-corrected chi connectivity index (χ1v) is 9.54. The molecule has 1 aliphatic rings. The summed E-state index contributed by atoms with van der Waals surface area (Å²) in [5, 5.41) is 14.9. The molecule has 1 aliphatic heterocycles. The van der Waals surface area contributed by atoms with Crippen molar-refractivity contribution in [2.24, 2.45) is 0 Å². The van der Waals surface area contributed by atoms with Crippen LogP contribution in [0.1, 0.15) is 30.3 Å². The zero-order valence-electron chi connectivity index (χ0n) is 15.0. The number of hydrogen-bond donors (Lipinski definition) is 2. The van der Waals surface area contributed by atoms with Gasteiger partial charge in [-0.05, 0) is 38.1 Å². The van der Waals surface area contributed by atoms with E-state index in [9.17, 15) is 5.11 Å². The molecule has 0 spiro atoms. The third kappa shape index (κ3) is 3.04. The smallest absolute Gasteiger partial charge is 0.235 e. The molecule has 1 aromatic carbocycles. The van der Waals surface area contributed by atoms with Crippen LogP contribution < -0.4 is 9.64 Å². The third-order valence-corrected chi connectivity index (χ3v) is 5.92. The summed E-state index contributed by atoms with van der Waals surface area (Å²) in [5.74, 6) is 0.987. The minimum Gasteiger partial charge on any atom is -0.497 e. The Kier molecular flexibility index (Phi) is 4.56. The number of ether oxygens (including phenoxy) is 2. The van der Waals surface area contributed by atoms with Gasteiger partial charge < -0.3 is 19.5 Å². The fourth-order valence-corrected chi connectivity index (χ4v) is 4.92. The summed E-state index contributed by atoms with van der Waals surface area (Å²) in [4.78, 5) is 7.17. The van der Waals surface area contributed by atoms with Gasteiger partial charge >= 0.3 is 0 Å². The number of aromatic hydroxyl groups is 1. The van der Waals surface area contributed by atoms with Crippen molar-refractivity contribution in [1.29, 1.82) is 0 Å². The second-order valence-electron chi connectivity index (χ2n) is 6.77. The number of rotatable bonds is 4. The molecular formula is C18H23N4O3S+. The molecule has 26 heavy (non-hydrogen) atoms. The van der Waals surface area contributed by atoms with E-state index in [1.807, 2.05) is 12.1 Å². The molecule has 0 radical (unpaired) electrons. The van der Waals surface area contributed by atoms with Gasteiger partial charge in [0.05, 0.1) is 7.11 Å². The molecule has 0 saturated carbocycles. The van der Waals surface area contributed by atoms with Crippen LogP contribution in [0.5, 0.6) is 11.6 Å². The van der Waals surface area contributed by atoms with E-state index in [1.165, 1.54) is 27.1 Å². The Hall–Kier alpha value is -2.16. The summed E-state index contributed by atoms with van der Waals surface area (Å²) in [5.41, 5.74) is 1.13. The van der Waals surface area contributed by atoms with Crippen molar-refractivity contribution in [3.05, 3.63) is 41.0 Å². The lowest BCUT2D eigenvalue weighted by Gasteiger charge is -2.37. The van der Waals surface area contributed by atoms with Crippen LogP contribution in [-0.4, -0.2) is 52.1 Å². The molecule has 0 aliphatic carbocycles. The summed E-state index contributed by atoms with van der Waals surface area (Å²) in [7, 11) is 1.66. The average molecular weight is 375 g/mol. The first kappa shape index (κ1) is 17.3. The van der Waals surface area contributed by atoms with E-state index in [4.69, 9.17) is 9.47 Å². The highest BCUT2D eigenvalue weighted by molar-refractivity contribution is 7.17. The van der Waals surface area contributed by atoms with Crippen molar-refractivity contribution in [3.63, 3.8) is 0 Å². The van der Waals surface area contributed by atoms with Crippen LogP contribution in [0.3, 0.4) is 0 Å². The molecule has 0 amide bonds. The molecule has 1 fully saturated rings. The average Bonchev–Trinajstić information content (AvgIpc) is 3.19. The molecule has 4 rings (SSSR count). The van der Waals surface area contributed by atoms with E-state index >= 15 is 0 Å². The molecule has 7 nitrogen and oxygen atoms in total. The number of methoxy groups -OCH3 is 1. The minimum absolute atomic E-state index is 0.0109. The molecule has 2 N–H and O–H groups in total. The molecule has 1 unspecified atom stereocenters. The lowest BCUT2D eigenvalue weighted by Crippen LogP contribution is -3.15. The Morgan fingerprint density at radius 1 is 1.27 bits per heavy atom. The number of fused-ring (bicyclic) bond motifs is 1. The summed E-state index contributed by atoms with van der Waals surface area (Å²) in [6.07, 6.45) is 1.79. The summed E-state index contributed by atoms with van der Waals surface area (Å²) in [6, 6.07) is 8.04. The van der Waals surface area contributed by atoms with Gasteiger partial charge in [-0.1, -0.05) is 11.3 Å². The third-order valence-electron chi connectivity index (χ3n) is 4.82. The van der Waals surface area contributed by atoms with Crippen molar-refractivity contribution < 1.29 is 19.5 Å². The van der Waals surface area contributed by atoms with Gasteiger partial charge in [-0.15, -0.1) is 0 Å². The molecule has 3 aromatic rings. The van der Waals surface area contributed by atoms with E-state index in [-0.39, 0.29) is 24.1 Å². The van der Waals surface area contributed by atoms with E-state index in [2.05, 4.69) is 36.1 Å². The molecule has 0 bridgehead atoms. The van der Waals surface area contributed by atoms with E-state index in [1.54, 1.807) is 7.11 Å². The number of thiazole rings is 1. The second kappa shape index (κ2) is 6.86. The fourth-order valence-electron chi connectivity index (χ4n) is 3.80. The Morgan fingerprint density at radius 2 is 1.96 bits per heavy atom. The number of quaternary nitrogens is 1. The van der Waals surface area contributed by atoms with Crippen LogP contribution in [0.15, 0.2) is 30.6 Å². The second-order valence-corrected chi connectivity index (χ2v) is 7.78. The first-order valence-electron chi connectivity index (χ1n) is 8.72. The minimum atomic E-state index is -0.0109. The maximum atomic E-state index is 10.8. The highest BCUT2D eigenvalue weighted by Gasteiger charge is 2.37. The SMILES string of the molecule is COc1ccc([C@@H](c2sc3ncnn3c2O)[NH+]2C[C@@H](C)O[C@@H](C)C2)cc1. The van der Waals surface area contributed by atoms with E-state index in [0.29, 0.717) is 4.96 Å². The van der Waals surface area contributed by atoms with Crippen LogP contribution in [0.25, 0.3) is 4.96 Å². The molecule has 2 aromatic heterocycles. The standard InChI is InChI=1S/C18H22N4O3S/c1-11-8-21(9-12(2)25-11)15(13-4-6-14(24-3)7-5-13)16-17(23)22-18(26-16)19-10-20-22/h4-7,10-12,15,23H,8-9H2,1-3H3/p+1/t11-,12+,15-/m0/s1. The highest BCUT2D eigenvalue weighted by atomic mass is 32.1. The number of nitrogens with one attached hydrogen (secondary N) is 1. The van der Waals surface area contributed by atoms with Gasteiger partial charge in [-0.3, -0.25) is 0 Å². The first-order chi connectivity index (χ1) is 12.6. The fraction of sp³-hybridized carbons (Fsp3) is 0.444. The van der Waals surface area contributed by atoms with Gasteiger partial charge in [0.1, 0.15) is 42.3 Å².